The molecule has 0 aromatic heterocycles. The smallest absolute Gasteiger partial charge is 0.261 e. The Kier molecular flexibility index (Phi) is 10.4. The van der Waals surface area contributed by atoms with Gasteiger partial charge in [0.15, 0.2) is 6.61 Å². The Labute approximate surface area is 225 Å². The molecule has 2 aromatic carbocycles. The Morgan fingerprint density at radius 1 is 1.08 bits per heavy atom. The predicted molar refractivity (Wildman–Crippen MR) is 149 cm³/mol. The van der Waals surface area contributed by atoms with Crippen LogP contribution in [0.5, 0.6) is 5.75 Å². The Balaban J connectivity index is 1.72. The normalized spacial score (nSPS) is 15.2. The fourth-order valence-electron chi connectivity index (χ4n) is 4.75. The van der Waals surface area contributed by atoms with Gasteiger partial charge in [-0.15, -0.1) is 0 Å². The number of carbonyl (C=O) groups is 2. The van der Waals surface area contributed by atoms with Gasteiger partial charge in [-0.1, -0.05) is 83.4 Å². The maximum atomic E-state index is 13.5. The molecule has 2 aromatic rings. The molecule has 3 rings (SSSR count). The highest BCUT2D eigenvalue weighted by atomic mass is 79.9. The van der Waals surface area contributed by atoms with E-state index in [1.54, 1.807) is 4.90 Å². The van der Waals surface area contributed by atoms with Crippen LogP contribution in [-0.4, -0.2) is 41.9 Å². The van der Waals surface area contributed by atoms with Crippen LogP contribution in [0.3, 0.4) is 0 Å². The lowest BCUT2D eigenvalue weighted by Gasteiger charge is -2.32. The third-order valence-electron chi connectivity index (χ3n) is 6.97. The monoisotopic (exact) mass is 556 g/mol. The number of benzene rings is 2. The molecule has 0 heterocycles. The summed E-state index contributed by atoms with van der Waals surface area (Å²) in [6.07, 6.45) is 6.80. The zero-order chi connectivity index (χ0) is 26.1. The lowest BCUT2D eigenvalue weighted by atomic mass is 9.87. The number of amides is 2. The highest BCUT2D eigenvalue weighted by Gasteiger charge is 2.30. The number of ether oxygens (including phenoxy) is 1. The standard InChI is InChI=1S/C30H41BrN2O3/c1-5-26(29(35)32-24-14-10-7-11-15-24)33(19-18-22-12-8-6-9-13-22)28(34)21-36-27-17-16-23(20-25(27)31)30(2,3)4/h6,8-9,12-13,16-17,20,24,26H,5,7,10-11,14-15,18-19,21H2,1-4H3,(H,32,35)/t26-/m1/s1. The third kappa shape index (κ3) is 8.09. The summed E-state index contributed by atoms with van der Waals surface area (Å²) < 4.78 is 6.77. The van der Waals surface area contributed by atoms with Crippen molar-refractivity contribution in [3.05, 3.63) is 64.1 Å². The van der Waals surface area contributed by atoms with E-state index in [0.29, 0.717) is 25.1 Å². The minimum absolute atomic E-state index is 0.0190. The Morgan fingerprint density at radius 3 is 2.39 bits per heavy atom. The summed E-state index contributed by atoms with van der Waals surface area (Å²) >= 11 is 3.60. The molecule has 1 N–H and O–H groups in total. The van der Waals surface area contributed by atoms with Crippen LogP contribution >= 0.6 is 15.9 Å². The van der Waals surface area contributed by atoms with Gasteiger partial charge >= 0.3 is 0 Å². The van der Waals surface area contributed by atoms with Gasteiger partial charge in [0.2, 0.25) is 5.91 Å². The molecule has 0 saturated heterocycles. The molecule has 1 saturated carbocycles. The van der Waals surface area contributed by atoms with Crippen LogP contribution in [0.1, 0.15) is 77.3 Å². The second-order valence-corrected chi connectivity index (χ2v) is 11.6. The molecule has 1 fully saturated rings. The number of halogens is 1. The van der Waals surface area contributed by atoms with Crippen molar-refractivity contribution in [3.63, 3.8) is 0 Å². The van der Waals surface area contributed by atoms with E-state index in [9.17, 15) is 9.59 Å². The molecule has 1 aliphatic carbocycles. The largest absolute Gasteiger partial charge is 0.483 e. The van der Waals surface area contributed by atoms with E-state index in [2.05, 4.69) is 54.2 Å². The molecule has 2 amide bonds. The highest BCUT2D eigenvalue weighted by molar-refractivity contribution is 9.10. The van der Waals surface area contributed by atoms with Crippen molar-refractivity contribution >= 4 is 27.7 Å². The van der Waals surface area contributed by atoms with Gasteiger partial charge in [0, 0.05) is 12.6 Å². The molecule has 0 spiro atoms. The lowest BCUT2D eigenvalue weighted by Crippen LogP contribution is -2.53. The Hall–Kier alpha value is -2.34. The zero-order valence-electron chi connectivity index (χ0n) is 22.2. The number of nitrogens with zero attached hydrogens (tertiary/aromatic N) is 1. The van der Waals surface area contributed by atoms with Crippen LogP contribution < -0.4 is 10.1 Å². The SMILES string of the molecule is CC[C@H](C(=O)NC1CCCCC1)N(CCc1ccccc1)C(=O)COc1ccc(C(C)(C)C)cc1Br. The molecular formula is C30H41BrN2O3. The summed E-state index contributed by atoms with van der Waals surface area (Å²) in [5.74, 6) is 0.393. The van der Waals surface area contributed by atoms with Crippen LogP contribution in [0.4, 0.5) is 0 Å². The van der Waals surface area contributed by atoms with Crippen LogP contribution in [0.15, 0.2) is 53.0 Å². The van der Waals surface area contributed by atoms with Gasteiger partial charge in [0.05, 0.1) is 4.47 Å². The van der Waals surface area contributed by atoms with Gasteiger partial charge in [-0.2, -0.15) is 0 Å². The average molecular weight is 558 g/mol. The molecule has 196 valence electrons. The van der Waals surface area contributed by atoms with Gasteiger partial charge in [-0.3, -0.25) is 9.59 Å². The second-order valence-electron chi connectivity index (χ2n) is 10.8. The van der Waals surface area contributed by atoms with E-state index >= 15 is 0 Å². The van der Waals surface area contributed by atoms with Crippen molar-refractivity contribution in [2.75, 3.05) is 13.2 Å². The molecule has 0 aliphatic heterocycles. The van der Waals surface area contributed by atoms with Crippen LogP contribution in [-0.2, 0) is 21.4 Å². The van der Waals surface area contributed by atoms with E-state index in [1.807, 2.05) is 43.3 Å². The molecule has 0 unspecified atom stereocenters. The summed E-state index contributed by atoms with van der Waals surface area (Å²) in [4.78, 5) is 28.5. The molecule has 1 aliphatic rings. The van der Waals surface area contributed by atoms with Crippen molar-refractivity contribution in [2.24, 2.45) is 0 Å². The molecule has 6 heteroatoms. The van der Waals surface area contributed by atoms with Crippen molar-refractivity contribution in [1.29, 1.82) is 0 Å². The topological polar surface area (TPSA) is 58.6 Å². The molecule has 0 bridgehead atoms. The summed E-state index contributed by atoms with van der Waals surface area (Å²) in [5.41, 5.74) is 2.34. The zero-order valence-corrected chi connectivity index (χ0v) is 23.8. The van der Waals surface area contributed by atoms with E-state index in [-0.39, 0.29) is 29.9 Å². The first-order valence-electron chi connectivity index (χ1n) is 13.3. The van der Waals surface area contributed by atoms with Gasteiger partial charge in [-0.25, -0.2) is 0 Å². The summed E-state index contributed by atoms with van der Waals surface area (Å²) in [7, 11) is 0. The first kappa shape index (κ1) is 28.2. The lowest BCUT2D eigenvalue weighted by molar-refractivity contribution is -0.142. The number of rotatable bonds is 10. The molecule has 36 heavy (non-hydrogen) atoms. The van der Waals surface area contributed by atoms with Gasteiger partial charge < -0.3 is 15.0 Å². The molecule has 1 atom stereocenters. The van der Waals surface area contributed by atoms with E-state index < -0.39 is 6.04 Å². The number of nitrogens with one attached hydrogen (secondary N) is 1. The maximum Gasteiger partial charge on any atom is 0.261 e. The van der Waals surface area contributed by atoms with Crippen LogP contribution in [0.25, 0.3) is 0 Å². The van der Waals surface area contributed by atoms with Crippen molar-refractivity contribution in [1.82, 2.24) is 10.2 Å². The van der Waals surface area contributed by atoms with E-state index in [0.717, 1.165) is 35.7 Å². The third-order valence-corrected chi connectivity index (χ3v) is 7.59. The Morgan fingerprint density at radius 2 is 1.78 bits per heavy atom. The minimum Gasteiger partial charge on any atom is -0.483 e. The van der Waals surface area contributed by atoms with Gasteiger partial charge in [0.25, 0.3) is 5.91 Å². The first-order chi connectivity index (χ1) is 17.2. The van der Waals surface area contributed by atoms with Crippen molar-refractivity contribution in [3.8, 4) is 5.75 Å². The first-order valence-corrected chi connectivity index (χ1v) is 14.0. The average Bonchev–Trinajstić information content (AvgIpc) is 2.86. The van der Waals surface area contributed by atoms with E-state index in [4.69, 9.17) is 4.74 Å². The fraction of sp³-hybridized carbons (Fsp3) is 0.533. The van der Waals surface area contributed by atoms with Crippen molar-refractivity contribution < 1.29 is 14.3 Å². The summed E-state index contributed by atoms with van der Waals surface area (Å²) in [6.45, 7) is 8.80. The fourth-order valence-corrected chi connectivity index (χ4v) is 5.24. The quantitative estimate of drug-likeness (QED) is 0.367. The predicted octanol–water partition coefficient (Wildman–Crippen LogP) is 6.42. The number of hydrogen-bond donors (Lipinski definition) is 1. The minimum atomic E-state index is -0.515. The van der Waals surface area contributed by atoms with Gasteiger partial charge in [-0.05, 0) is 70.3 Å². The van der Waals surface area contributed by atoms with Crippen molar-refractivity contribution in [2.45, 2.75) is 90.1 Å². The maximum absolute atomic E-state index is 13.5. The molecule has 5 nitrogen and oxygen atoms in total. The molecule has 0 radical (unpaired) electrons. The second kappa shape index (κ2) is 13.3. The Bertz CT molecular complexity index is 997. The van der Waals surface area contributed by atoms with Crippen LogP contribution in [0.2, 0.25) is 0 Å². The summed E-state index contributed by atoms with van der Waals surface area (Å²) in [6, 6.07) is 15.7. The van der Waals surface area contributed by atoms with Gasteiger partial charge in [0.1, 0.15) is 11.8 Å². The molecular weight excluding hydrogens is 516 g/mol. The number of carbonyl (C=O) groups excluding carboxylic acids is 2. The van der Waals surface area contributed by atoms with E-state index in [1.165, 1.54) is 12.0 Å². The number of hydrogen-bond acceptors (Lipinski definition) is 3. The van der Waals surface area contributed by atoms with Crippen LogP contribution in [0, 0.1) is 0 Å². The highest BCUT2D eigenvalue weighted by Crippen LogP contribution is 2.31. The summed E-state index contributed by atoms with van der Waals surface area (Å²) in [5, 5.41) is 3.23.